The number of nitrogens with two attached hydrogens (primary N) is 1. The Morgan fingerprint density at radius 3 is 2.69 bits per heavy atom. The van der Waals surface area contributed by atoms with Gasteiger partial charge in [-0.1, -0.05) is 15.9 Å². The Kier molecular flexibility index (Phi) is 4.04. The predicted octanol–water partition coefficient (Wildman–Crippen LogP) is 2.92. The number of rotatable bonds is 4. The maximum atomic E-state index is 5.50. The molecule has 0 aliphatic carbocycles. The minimum Gasteiger partial charge on any atom is -0.344 e. The van der Waals surface area contributed by atoms with Crippen molar-refractivity contribution in [1.82, 2.24) is 9.97 Å². The molecule has 1 aromatic carbocycles. The summed E-state index contributed by atoms with van der Waals surface area (Å²) in [5.74, 6) is 1.80. The molecule has 0 fully saturated rings. The molecule has 0 saturated carbocycles. The minimum atomic E-state index is 0.510. The van der Waals surface area contributed by atoms with Crippen molar-refractivity contribution in [3.8, 4) is 0 Å². The average Bonchev–Trinajstić information content (AvgIpc) is 2.76. The lowest BCUT2D eigenvalue weighted by atomic mass is 10.4. The van der Waals surface area contributed by atoms with E-state index in [2.05, 4.69) is 38.0 Å². The lowest BCUT2D eigenvalue weighted by Crippen LogP contribution is -1.96. The van der Waals surface area contributed by atoms with Gasteiger partial charge in [0.15, 0.2) is 0 Å². The zero-order valence-electron chi connectivity index (χ0n) is 8.61. The summed E-state index contributed by atoms with van der Waals surface area (Å²) < 4.78 is 1.10. The molecule has 0 aliphatic rings. The summed E-state index contributed by atoms with van der Waals surface area (Å²) in [5, 5.41) is 0. The van der Waals surface area contributed by atoms with Crippen molar-refractivity contribution < 1.29 is 0 Å². The van der Waals surface area contributed by atoms with E-state index >= 15 is 0 Å². The first kappa shape index (κ1) is 11.7. The van der Waals surface area contributed by atoms with Gasteiger partial charge < -0.3 is 10.7 Å². The number of H-pyrrole nitrogens is 1. The number of aromatic amines is 1. The summed E-state index contributed by atoms with van der Waals surface area (Å²) in [6.07, 6.45) is 1.79. The minimum absolute atomic E-state index is 0.510. The van der Waals surface area contributed by atoms with Crippen LogP contribution in [0.3, 0.4) is 0 Å². The third-order valence-corrected chi connectivity index (χ3v) is 3.64. The van der Waals surface area contributed by atoms with Gasteiger partial charge in [0.25, 0.3) is 0 Å². The number of hydrogen-bond acceptors (Lipinski definition) is 3. The molecule has 3 nitrogen and oxygen atoms in total. The summed E-state index contributed by atoms with van der Waals surface area (Å²) in [4.78, 5) is 8.66. The molecular formula is C11H12BrN3S. The van der Waals surface area contributed by atoms with Gasteiger partial charge in [-0.15, -0.1) is 11.8 Å². The fraction of sp³-hybridized carbons (Fsp3) is 0.182. The van der Waals surface area contributed by atoms with E-state index < -0.39 is 0 Å². The topological polar surface area (TPSA) is 54.7 Å². The Morgan fingerprint density at radius 2 is 2.06 bits per heavy atom. The first-order chi connectivity index (χ1) is 7.78. The van der Waals surface area contributed by atoms with Gasteiger partial charge in [-0.05, 0) is 24.3 Å². The van der Waals surface area contributed by atoms with Crippen molar-refractivity contribution in [2.24, 2.45) is 5.73 Å². The van der Waals surface area contributed by atoms with E-state index in [-0.39, 0.29) is 0 Å². The number of nitrogens with zero attached hydrogens (tertiary/aromatic N) is 1. The predicted molar refractivity (Wildman–Crippen MR) is 70.2 cm³/mol. The van der Waals surface area contributed by atoms with Gasteiger partial charge >= 0.3 is 0 Å². The number of imidazole rings is 1. The van der Waals surface area contributed by atoms with E-state index in [1.54, 1.807) is 18.0 Å². The van der Waals surface area contributed by atoms with Gasteiger partial charge in [0.1, 0.15) is 5.82 Å². The zero-order valence-corrected chi connectivity index (χ0v) is 11.0. The standard InChI is InChI=1S/C11H12BrN3S/c12-8-1-3-10(4-2-8)16-7-11-14-6-9(5-13)15-11/h1-4,6H,5,7,13H2,(H,14,15). The number of benzene rings is 1. The lowest BCUT2D eigenvalue weighted by molar-refractivity contribution is 0.993. The van der Waals surface area contributed by atoms with Crippen LogP contribution in [-0.2, 0) is 12.3 Å². The molecule has 0 saturated heterocycles. The maximum Gasteiger partial charge on any atom is 0.116 e. The fourth-order valence-electron chi connectivity index (χ4n) is 1.27. The SMILES string of the molecule is NCc1cnc(CSc2ccc(Br)cc2)[nH]1. The van der Waals surface area contributed by atoms with Crippen LogP contribution in [-0.4, -0.2) is 9.97 Å². The molecule has 0 spiro atoms. The maximum absolute atomic E-state index is 5.50. The Bertz CT molecular complexity index is 453. The van der Waals surface area contributed by atoms with Gasteiger partial charge in [-0.3, -0.25) is 0 Å². The third-order valence-electron chi connectivity index (χ3n) is 2.09. The Hall–Kier alpha value is -0.780. The van der Waals surface area contributed by atoms with Crippen LogP contribution in [0.2, 0.25) is 0 Å². The summed E-state index contributed by atoms with van der Waals surface area (Å²) >= 11 is 5.16. The number of aromatic nitrogens is 2. The highest BCUT2D eigenvalue weighted by Crippen LogP contribution is 2.23. The van der Waals surface area contributed by atoms with E-state index in [1.165, 1.54) is 4.90 Å². The molecule has 0 unspecified atom stereocenters. The first-order valence-corrected chi connectivity index (χ1v) is 6.67. The molecule has 0 aliphatic heterocycles. The van der Waals surface area contributed by atoms with Crippen molar-refractivity contribution in [3.05, 3.63) is 46.5 Å². The van der Waals surface area contributed by atoms with Crippen molar-refractivity contribution in [1.29, 1.82) is 0 Å². The number of thioether (sulfide) groups is 1. The highest BCUT2D eigenvalue weighted by molar-refractivity contribution is 9.10. The summed E-state index contributed by atoms with van der Waals surface area (Å²) in [7, 11) is 0. The van der Waals surface area contributed by atoms with Crippen molar-refractivity contribution in [3.63, 3.8) is 0 Å². The quantitative estimate of drug-likeness (QED) is 0.853. The summed E-state index contributed by atoms with van der Waals surface area (Å²) in [5.41, 5.74) is 6.48. The van der Waals surface area contributed by atoms with Crippen LogP contribution in [0.4, 0.5) is 0 Å². The van der Waals surface area contributed by atoms with Crippen LogP contribution in [0.1, 0.15) is 11.5 Å². The monoisotopic (exact) mass is 297 g/mol. The van der Waals surface area contributed by atoms with Gasteiger partial charge in [0.2, 0.25) is 0 Å². The molecule has 0 atom stereocenters. The molecule has 1 aromatic heterocycles. The van der Waals surface area contributed by atoms with E-state index in [0.717, 1.165) is 21.7 Å². The smallest absolute Gasteiger partial charge is 0.116 e. The molecule has 0 bridgehead atoms. The molecule has 0 amide bonds. The lowest BCUT2D eigenvalue weighted by Gasteiger charge is -1.99. The van der Waals surface area contributed by atoms with Crippen LogP contribution < -0.4 is 5.73 Å². The van der Waals surface area contributed by atoms with E-state index in [4.69, 9.17) is 5.73 Å². The molecule has 2 rings (SSSR count). The fourth-order valence-corrected chi connectivity index (χ4v) is 2.31. The van der Waals surface area contributed by atoms with Crippen LogP contribution in [0, 0.1) is 0 Å². The molecule has 0 radical (unpaired) electrons. The molecule has 16 heavy (non-hydrogen) atoms. The highest BCUT2D eigenvalue weighted by atomic mass is 79.9. The Balaban J connectivity index is 1.94. The van der Waals surface area contributed by atoms with Crippen molar-refractivity contribution in [2.75, 3.05) is 0 Å². The largest absolute Gasteiger partial charge is 0.344 e. The summed E-state index contributed by atoms with van der Waals surface area (Å²) in [6.45, 7) is 0.510. The van der Waals surface area contributed by atoms with Crippen LogP contribution in [0.5, 0.6) is 0 Å². The summed E-state index contributed by atoms with van der Waals surface area (Å²) in [6, 6.07) is 8.24. The molecule has 2 aromatic rings. The van der Waals surface area contributed by atoms with Gasteiger partial charge in [0, 0.05) is 27.8 Å². The van der Waals surface area contributed by atoms with Crippen LogP contribution in [0.15, 0.2) is 39.8 Å². The molecule has 1 heterocycles. The van der Waals surface area contributed by atoms with Gasteiger partial charge in [-0.25, -0.2) is 4.98 Å². The van der Waals surface area contributed by atoms with E-state index in [1.807, 2.05) is 12.1 Å². The third kappa shape index (κ3) is 3.10. The zero-order chi connectivity index (χ0) is 11.4. The average molecular weight is 298 g/mol. The van der Waals surface area contributed by atoms with E-state index in [0.29, 0.717) is 6.54 Å². The van der Waals surface area contributed by atoms with Crippen LogP contribution in [0.25, 0.3) is 0 Å². The molecule has 3 N–H and O–H groups in total. The highest BCUT2D eigenvalue weighted by Gasteiger charge is 2.00. The van der Waals surface area contributed by atoms with Crippen molar-refractivity contribution >= 4 is 27.7 Å². The normalized spacial score (nSPS) is 10.6. The number of hydrogen-bond donors (Lipinski definition) is 2. The van der Waals surface area contributed by atoms with Crippen LogP contribution >= 0.6 is 27.7 Å². The molecule has 5 heteroatoms. The molecular weight excluding hydrogens is 286 g/mol. The second kappa shape index (κ2) is 5.52. The van der Waals surface area contributed by atoms with Gasteiger partial charge in [-0.2, -0.15) is 0 Å². The Morgan fingerprint density at radius 1 is 1.31 bits per heavy atom. The number of nitrogens with one attached hydrogen (secondary N) is 1. The Labute approximate surface area is 107 Å². The molecule has 84 valence electrons. The second-order valence-electron chi connectivity index (χ2n) is 3.30. The second-order valence-corrected chi connectivity index (χ2v) is 5.27. The first-order valence-electron chi connectivity index (χ1n) is 4.89. The van der Waals surface area contributed by atoms with E-state index in [9.17, 15) is 0 Å². The van der Waals surface area contributed by atoms with Crippen molar-refractivity contribution in [2.45, 2.75) is 17.2 Å². The number of halogens is 1. The van der Waals surface area contributed by atoms with Gasteiger partial charge in [0.05, 0.1) is 5.75 Å².